The van der Waals surface area contributed by atoms with E-state index in [1.54, 1.807) is 8.99 Å². The van der Waals surface area contributed by atoms with Crippen molar-refractivity contribution in [2.75, 3.05) is 30.8 Å². The van der Waals surface area contributed by atoms with Crippen molar-refractivity contribution in [1.82, 2.24) is 24.5 Å². The molecule has 0 aliphatic carbocycles. The van der Waals surface area contributed by atoms with Gasteiger partial charge in [-0.3, -0.25) is 0 Å². The first-order chi connectivity index (χ1) is 11.9. The number of tetrazole rings is 1. The minimum Gasteiger partial charge on any atom is -0.339 e. The Hall–Kier alpha value is -2.00. The lowest BCUT2D eigenvalue weighted by molar-refractivity contribution is 0.284. The van der Waals surface area contributed by atoms with Gasteiger partial charge in [0.1, 0.15) is 0 Å². The van der Waals surface area contributed by atoms with Gasteiger partial charge in [0.15, 0.2) is 0 Å². The van der Waals surface area contributed by atoms with Crippen LogP contribution >= 0.6 is 0 Å². The van der Waals surface area contributed by atoms with Gasteiger partial charge in [-0.25, -0.2) is 8.42 Å². The molecule has 1 fully saturated rings. The highest BCUT2D eigenvalue weighted by Crippen LogP contribution is 2.23. The normalized spacial score (nSPS) is 16.6. The number of nitrogens with zero attached hydrogens (tertiary/aromatic N) is 6. The number of rotatable bonds is 5. The highest BCUT2D eigenvalue weighted by atomic mass is 32.2. The third-order valence-electron chi connectivity index (χ3n) is 4.62. The molecular weight excluding hydrogens is 340 g/mol. The van der Waals surface area contributed by atoms with Crippen molar-refractivity contribution in [2.45, 2.75) is 32.7 Å². The highest BCUT2D eigenvalue weighted by Gasteiger charge is 2.30. The Morgan fingerprint density at radius 3 is 2.40 bits per heavy atom. The van der Waals surface area contributed by atoms with Crippen LogP contribution in [0.4, 0.5) is 5.95 Å². The molecule has 1 saturated heterocycles. The van der Waals surface area contributed by atoms with Gasteiger partial charge < -0.3 is 4.90 Å². The maximum atomic E-state index is 11.9. The maximum Gasteiger partial charge on any atom is 0.250 e. The lowest BCUT2D eigenvalue weighted by Gasteiger charge is -2.36. The summed E-state index contributed by atoms with van der Waals surface area (Å²) in [6.45, 7) is 5.87. The second-order valence-electron chi connectivity index (χ2n) is 6.41. The van der Waals surface area contributed by atoms with Crippen LogP contribution in [0.15, 0.2) is 24.3 Å². The van der Waals surface area contributed by atoms with Crippen molar-refractivity contribution >= 4 is 16.0 Å². The molecule has 2 heterocycles. The smallest absolute Gasteiger partial charge is 0.250 e. The number of aromatic nitrogens is 4. The average molecular weight is 364 g/mol. The van der Waals surface area contributed by atoms with E-state index in [2.05, 4.69) is 20.4 Å². The van der Waals surface area contributed by atoms with Gasteiger partial charge in [0, 0.05) is 25.7 Å². The van der Waals surface area contributed by atoms with Crippen LogP contribution in [-0.4, -0.2) is 64.9 Å². The van der Waals surface area contributed by atoms with Crippen LogP contribution in [0.25, 0.3) is 5.69 Å². The van der Waals surface area contributed by atoms with Crippen LogP contribution in [-0.2, 0) is 10.0 Å². The van der Waals surface area contributed by atoms with Crippen molar-refractivity contribution in [2.24, 2.45) is 0 Å². The van der Waals surface area contributed by atoms with Gasteiger partial charge in [-0.2, -0.15) is 8.99 Å². The summed E-state index contributed by atoms with van der Waals surface area (Å²) in [5, 5.41) is 12.1. The molecule has 1 aliphatic rings. The number of anilines is 1. The number of piperidine rings is 1. The molecule has 1 aromatic carbocycles. The predicted molar refractivity (Wildman–Crippen MR) is 96.3 cm³/mol. The molecule has 0 unspecified atom stereocenters. The summed E-state index contributed by atoms with van der Waals surface area (Å²) < 4.78 is 27.1. The Morgan fingerprint density at radius 2 is 1.84 bits per heavy atom. The van der Waals surface area contributed by atoms with Gasteiger partial charge in [0.05, 0.1) is 11.9 Å². The lowest BCUT2D eigenvalue weighted by Crippen LogP contribution is -2.47. The molecule has 2 aromatic rings. The van der Waals surface area contributed by atoms with E-state index < -0.39 is 10.0 Å². The van der Waals surface area contributed by atoms with E-state index >= 15 is 0 Å². The molecule has 25 heavy (non-hydrogen) atoms. The van der Waals surface area contributed by atoms with Crippen molar-refractivity contribution in [3.8, 4) is 5.69 Å². The Balaban J connectivity index is 1.74. The van der Waals surface area contributed by atoms with Crippen LogP contribution < -0.4 is 4.90 Å². The Morgan fingerprint density at radius 1 is 1.20 bits per heavy atom. The van der Waals surface area contributed by atoms with Crippen molar-refractivity contribution in [3.63, 3.8) is 0 Å². The Labute approximate surface area is 148 Å². The van der Waals surface area contributed by atoms with Crippen LogP contribution in [0.1, 0.15) is 25.3 Å². The number of hydrogen-bond acceptors (Lipinski definition) is 6. The second-order valence-corrected chi connectivity index (χ2v) is 8.35. The molecule has 0 spiro atoms. The fraction of sp³-hybridized carbons (Fsp3) is 0.562. The number of hydrogen-bond donors (Lipinski definition) is 0. The van der Waals surface area contributed by atoms with Gasteiger partial charge in [-0.15, -0.1) is 0 Å². The van der Waals surface area contributed by atoms with E-state index in [0.717, 1.165) is 31.6 Å². The molecule has 0 amide bonds. The average Bonchev–Trinajstić information content (AvgIpc) is 3.05. The number of sulfonamides is 1. The lowest BCUT2D eigenvalue weighted by atomic mass is 10.1. The van der Waals surface area contributed by atoms with Crippen molar-refractivity contribution in [3.05, 3.63) is 29.8 Å². The zero-order chi connectivity index (χ0) is 18.0. The van der Waals surface area contributed by atoms with Crippen LogP contribution in [0.3, 0.4) is 0 Å². The van der Waals surface area contributed by atoms with E-state index in [1.807, 2.05) is 38.1 Å². The zero-order valence-corrected chi connectivity index (χ0v) is 15.6. The number of benzene rings is 1. The molecule has 1 aliphatic heterocycles. The van der Waals surface area contributed by atoms with E-state index in [1.165, 1.54) is 11.8 Å². The van der Waals surface area contributed by atoms with Crippen LogP contribution in [0.2, 0.25) is 0 Å². The van der Waals surface area contributed by atoms with E-state index in [4.69, 9.17) is 0 Å². The standard InChI is InChI=1S/C16H24N6O2S/c1-4-21(25(3,23)24)14-9-11-20(12-10-14)16-17-18-19-22(16)15-7-5-13(2)6-8-15/h5-8,14H,4,9-12H2,1-3H3. The third kappa shape index (κ3) is 3.82. The minimum atomic E-state index is -3.17. The summed E-state index contributed by atoms with van der Waals surface area (Å²) in [6, 6.07) is 8.07. The molecule has 0 atom stereocenters. The van der Waals surface area contributed by atoms with Crippen molar-refractivity contribution < 1.29 is 8.42 Å². The molecule has 3 rings (SSSR count). The van der Waals surface area contributed by atoms with E-state index in [9.17, 15) is 8.42 Å². The summed E-state index contributed by atoms with van der Waals surface area (Å²) in [7, 11) is -3.17. The van der Waals surface area contributed by atoms with Crippen molar-refractivity contribution in [1.29, 1.82) is 0 Å². The maximum absolute atomic E-state index is 11.9. The molecule has 8 nitrogen and oxygen atoms in total. The SMILES string of the molecule is CCN(C1CCN(c2nnnn2-c2ccc(C)cc2)CC1)S(C)(=O)=O. The highest BCUT2D eigenvalue weighted by molar-refractivity contribution is 7.88. The van der Waals surface area contributed by atoms with E-state index in [-0.39, 0.29) is 6.04 Å². The summed E-state index contributed by atoms with van der Waals surface area (Å²) in [4.78, 5) is 2.12. The first-order valence-corrected chi connectivity index (χ1v) is 10.3. The fourth-order valence-electron chi connectivity index (χ4n) is 3.35. The van der Waals surface area contributed by atoms with E-state index in [0.29, 0.717) is 12.5 Å². The number of aryl methyl sites for hydroxylation is 1. The quantitative estimate of drug-likeness (QED) is 0.793. The van der Waals surface area contributed by atoms with Gasteiger partial charge in [0.2, 0.25) is 16.0 Å². The first-order valence-electron chi connectivity index (χ1n) is 8.47. The summed E-state index contributed by atoms with van der Waals surface area (Å²) in [6.07, 6.45) is 2.81. The van der Waals surface area contributed by atoms with Gasteiger partial charge in [-0.05, 0) is 42.3 Å². The minimum absolute atomic E-state index is 0.0416. The molecule has 0 radical (unpaired) electrons. The molecule has 0 N–H and O–H groups in total. The Bertz CT molecular complexity index is 809. The largest absolute Gasteiger partial charge is 0.339 e. The molecule has 9 heteroatoms. The summed E-state index contributed by atoms with van der Waals surface area (Å²) in [5.41, 5.74) is 2.10. The Kier molecular flexibility index (Phi) is 5.05. The van der Waals surface area contributed by atoms with Gasteiger partial charge in [0.25, 0.3) is 0 Å². The molecule has 0 saturated carbocycles. The van der Waals surface area contributed by atoms with Crippen LogP contribution in [0, 0.1) is 6.92 Å². The van der Waals surface area contributed by atoms with Gasteiger partial charge in [-0.1, -0.05) is 29.7 Å². The summed E-state index contributed by atoms with van der Waals surface area (Å²) >= 11 is 0. The zero-order valence-electron chi connectivity index (χ0n) is 14.8. The molecule has 1 aromatic heterocycles. The monoisotopic (exact) mass is 364 g/mol. The van der Waals surface area contributed by atoms with Crippen LogP contribution in [0.5, 0.6) is 0 Å². The second kappa shape index (κ2) is 7.09. The predicted octanol–water partition coefficient (Wildman–Crippen LogP) is 1.22. The fourth-order valence-corrected chi connectivity index (χ4v) is 4.57. The van der Waals surface area contributed by atoms with Gasteiger partial charge >= 0.3 is 0 Å². The molecule has 0 bridgehead atoms. The summed E-state index contributed by atoms with van der Waals surface area (Å²) in [5.74, 6) is 0.699. The molecule has 136 valence electrons. The third-order valence-corrected chi connectivity index (χ3v) is 6.03. The molecular formula is C16H24N6O2S. The topological polar surface area (TPSA) is 84.2 Å². The first kappa shape index (κ1) is 17.8.